The number of aromatic nitrogens is 3. The molecule has 0 unspecified atom stereocenters. The first-order valence-electron chi connectivity index (χ1n) is 9.36. The summed E-state index contributed by atoms with van der Waals surface area (Å²) in [6, 6.07) is 18.1. The van der Waals surface area contributed by atoms with Crippen molar-refractivity contribution in [2.75, 3.05) is 25.1 Å². The summed E-state index contributed by atoms with van der Waals surface area (Å²) in [5, 5.41) is 20.3. The van der Waals surface area contributed by atoms with Gasteiger partial charge in [-0.1, -0.05) is 36.4 Å². The van der Waals surface area contributed by atoms with Crippen molar-refractivity contribution in [3.63, 3.8) is 0 Å². The first-order chi connectivity index (χ1) is 14.1. The van der Waals surface area contributed by atoms with Gasteiger partial charge >= 0.3 is 0 Å². The third-order valence-electron chi connectivity index (χ3n) is 5.05. The van der Waals surface area contributed by atoms with E-state index in [4.69, 9.17) is 4.98 Å². The molecule has 29 heavy (non-hydrogen) atoms. The average Bonchev–Trinajstić information content (AvgIpc) is 3.18. The summed E-state index contributed by atoms with van der Waals surface area (Å²) in [5.41, 5.74) is 4.96. The topological polar surface area (TPSA) is 78.0 Å². The van der Waals surface area contributed by atoms with Crippen LogP contribution in [0.2, 0.25) is 0 Å². The lowest BCUT2D eigenvalue weighted by molar-refractivity contribution is 0.304. The molecular weight excluding hydrogens is 362 g/mol. The zero-order valence-electron chi connectivity index (χ0n) is 16.4. The maximum atomic E-state index is 10.1. The van der Waals surface area contributed by atoms with Crippen molar-refractivity contribution in [2.24, 2.45) is 7.05 Å². The first kappa shape index (κ1) is 18.7. The van der Waals surface area contributed by atoms with Crippen LogP contribution in [0.1, 0.15) is 5.56 Å². The van der Waals surface area contributed by atoms with Crippen LogP contribution in [-0.4, -0.2) is 39.8 Å². The fourth-order valence-corrected chi connectivity index (χ4v) is 3.57. The maximum Gasteiger partial charge on any atom is 0.138 e. The van der Waals surface area contributed by atoms with Crippen LogP contribution in [0.25, 0.3) is 33.3 Å². The number of benzene rings is 2. The number of pyridine rings is 1. The molecule has 2 heterocycles. The Morgan fingerprint density at radius 2 is 1.93 bits per heavy atom. The largest absolute Gasteiger partial charge is 0.395 e. The van der Waals surface area contributed by atoms with Crippen molar-refractivity contribution >= 4 is 16.7 Å². The molecule has 0 spiro atoms. The highest BCUT2D eigenvalue weighted by Crippen LogP contribution is 2.37. The van der Waals surface area contributed by atoms with E-state index >= 15 is 0 Å². The molecule has 4 rings (SSSR count). The second-order valence-electron chi connectivity index (χ2n) is 6.93. The highest BCUT2D eigenvalue weighted by Gasteiger charge is 2.20. The Morgan fingerprint density at radius 3 is 2.59 bits per heavy atom. The molecule has 2 aromatic carbocycles. The highest BCUT2D eigenvalue weighted by atomic mass is 16.3. The third-order valence-corrected chi connectivity index (χ3v) is 5.05. The van der Waals surface area contributed by atoms with E-state index in [1.54, 1.807) is 6.33 Å². The summed E-state index contributed by atoms with van der Waals surface area (Å²) in [6.45, 7) is 0.433. The summed E-state index contributed by atoms with van der Waals surface area (Å²) in [4.78, 5) is 10.9. The maximum absolute atomic E-state index is 10.1. The molecule has 6 heteroatoms. The lowest BCUT2D eigenvalue weighted by Gasteiger charge is -2.22. The molecular formula is C23H21N5O. The van der Waals surface area contributed by atoms with Gasteiger partial charge in [0.15, 0.2) is 0 Å². The van der Waals surface area contributed by atoms with Gasteiger partial charge in [0.1, 0.15) is 11.9 Å². The summed E-state index contributed by atoms with van der Waals surface area (Å²) >= 11 is 0. The van der Waals surface area contributed by atoms with Crippen molar-refractivity contribution < 1.29 is 5.11 Å². The van der Waals surface area contributed by atoms with E-state index in [1.165, 1.54) is 0 Å². The molecule has 0 bridgehead atoms. The average molecular weight is 383 g/mol. The smallest absolute Gasteiger partial charge is 0.138 e. The van der Waals surface area contributed by atoms with E-state index in [2.05, 4.69) is 11.1 Å². The highest BCUT2D eigenvalue weighted by molar-refractivity contribution is 5.98. The van der Waals surface area contributed by atoms with Crippen LogP contribution in [-0.2, 0) is 7.05 Å². The van der Waals surface area contributed by atoms with Gasteiger partial charge in [0.2, 0.25) is 0 Å². The minimum atomic E-state index is 0.00572. The number of imidazole rings is 1. The third kappa shape index (κ3) is 3.33. The van der Waals surface area contributed by atoms with Crippen LogP contribution in [0.5, 0.6) is 0 Å². The molecule has 0 aliphatic heterocycles. The van der Waals surface area contributed by atoms with Crippen LogP contribution in [0.4, 0.5) is 5.82 Å². The molecule has 0 aliphatic carbocycles. The predicted octanol–water partition coefficient (Wildman–Crippen LogP) is 3.60. The number of rotatable bonds is 5. The number of nitrogens with zero attached hydrogens (tertiary/aromatic N) is 5. The quantitative estimate of drug-likeness (QED) is 0.570. The molecule has 4 aromatic rings. The zero-order valence-corrected chi connectivity index (χ0v) is 16.4. The van der Waals surface area contributed by atoms with Crippen LogP contribution in [0.3, 0.4) is 0 Å². The molecule has 0 radical (unpaired) electrons. The first-order valence-corrected chi connectivity index (χ1v) is 9.36. The van der Waals surface area contributed by atoms with Gasteiger partial charge in [0, 0.05) is 37.2 Å². The number of aliphatic hydroxyl groups excluding tert-OH is 1. The molecule has 0 fully saturated rings. The fraction of sp³-hybridized carbons (Fsp3) is 0.174. The number of likely N-dealkylation sites (N-methyl/N-ethyl adjacent to an activating group) is 1. The Bertz CT molecular complexity index is 1210. The number of anilines is 1. The molecule has 0 amide bonds. The second kappa shape index (κ2) is 7.74. The minimum Gasteiger partial charge on any atom is -0.395 e. The van der Waals surface area contributed by atoms with E-state index in [1.807, 2.05) is 78.3 Å². The second-order valence-corrected chi connectivity index (χ2v) is 6.93. The van der Waals surface area contributed by atoms with Gasteiger partial charge in [-0.25, -0.2) is 9.97 Å². The van der Waals surface area contributed by atoms with Crippen molar-refractivity contribution in [3.05, 3.63) is 66.6 Å². The lowest BCUT2D eigenvalue weighted by Crippen LogP contribution is -2.23. The number of hydrogen-bond acceptors (Lipinski definition) is 5. The van der Waals surface area contributed by atoms with Crippen LogP contribution >= 0.6 is 0 Å². The number of hydrogen-bond donors (Lipinski definition) is 1. The van der Waals surface area contributed by atoms with E-state index in [9.17, 15) is 10.4 Å². The standard InChI is InChI=1S/C23H21N5O/c1-27(10-11-29)23-22(16-6-4-3-5-7-16)19(13-24)18-12-17(8-9-20(18)26-23)21-14-25-15-28(21)2/h3-9,12,14-15,29H,10-11H2,1-2H3. The summed E-state index contributed by atoms with van der Waals surface area (Å²) in [7, 11) is 3.82. The van der Waals surface area contributed by atoms with Gasteiger partial charge in [-0.3, -0.25) is 0 Å². The van der Waals surface area contributed by atoms with E-state index in [-0.39, 0.29) is 6.61 Å². The van der Waals surface area contributed by atoms with Gasteiger partial charge in [-0.05, 0) is 17.7 Å². The molecule has 144 valence electrons. The number of aliphatic hydroxyl groups is 1. The van der Waals surface area contributed by atoms with Crippen molar-refractivity contribution in [1.82, 2.24) is 14.5 Å². The fourth-order valence-electron chi connectivity index (χ4n) is 3.57. The number of aryl methyl sites for hydroxylation is 1. The summed E-state index contributed by atoms with van der Waals surface area (Å²) in [5.74, 6) is 0.683. The molecule has 1 N–H and O–H groups in total. The minimum absolute atomic E-state index is 0.00572. The summed E-state index contributed by atoms with van der Waals surface area (Å²) in [6.07, 6.45) is 3.56. The van der Waals surface area contributed by atoms with Crippen molar-refractivity contribution in [3.8, 4) is 28.5 Å². The Kier molecular flexibility index (Phi) is 4.98. The molecule has 0 aliphatic rings. The van der Waals surface area contributed by atoms with Crippen LogP contribution in [0.15, 0.2) is 61.1 Å². The van der Waals surface area contributed by atoms with E-state index < -0.39 is 0 Å². The van der Waals surface area contributed by atoms with Gasteiger partial charge in [0.05, 0.1) is 35.9 Å². The van der Waals surface area contributed by atoms with Gasteiger partial charge in [-0.15, -0.1) is 0 Å². The van der Waals surface area contributed by atoms with Gasteiger partial charge in [-0.2, -0.15) is 5.26 Å². The zero-order chi connectivity index (χ0) is 20.4. The lowest BCUT2D eigenvalue weighted by atomic mass is 9.95. The van der Waals surface area contributed by atoms with Crippen LogP contribution in [0, 0.1) is 11.3 Å². The summed E-state index contributed by atoms with van der Waals surface area (Å²) < 4.78 is 1.95. The molecule has 2 aromatic heterocycles. The van der Waals surface area contributed by atoms with Crippen molar-refractivity contribution in [2.45, 2.75) is 0 Å². The predicted molar refractivity (Wildman–Crippen MR) is 114 cm³/mol. The van der Waals surface area contributed by atoms with Crippen LogP contribution < -0.4 is 4.90 Å². The molecule has 6 nitrogen and oxygen atoms in total. The van der Waals surface area contributed by atoms with E-state index in [0.29, 0.717) is 17.9 Å². The Balaban J connectivity index is 2.04. The molecule has 0 saturated carbocycles. The van der Waals surface area contributed by atoms with Gasteiger partial charge in [0.25, 0.3) is 0 Å². The van der Waals surface area contributed by atoms with Gasteiger partial charge < -0.3 is 14.6 Å². The molecule has 0 atom stereocenters. The number of nitriles is 1. The SMILES string of the molecule is CN(CCO)c1nc2ccc(-c3cncn3C)cc2c(C#N)c1-c1ccccc1. The number of fused-ring (bicyclic) bond motifs is 1. The van der Waals surface area contributed by atoms with Crippen molar-refractivity contribution in [1.29, 1.82) is 5.26 Å². The monoisotopic (exact) mass is 383 g/mol. The molecule has 0 saturated heterocycles. The Labute approximate surface area is 169 Å². The Hall–Kier alpha value is -3.69. The normalized spacial score (nSPS) is 10.8. The van der Waals surface area contributed by atoms with E-state index in [0.717, 1.165) is 33.3 Å². The Morgan fingerprint density at radius 1 is 1.14 bits per heavy atom.